The maximum absolute atomic E-state index is 14.7. The van der Waals surface area contributed by atoms with Gasteiger partial charge in [-0.1, -0.05) is 49.8 Å². The maximum Gasteiger partial charge on any atom is 0.392 e. The standard InChI is InChI=1S/C25H19F5O/c1-2-6-16-11-22-18(13-20(16)26)24(15-7-4-3-5-8-15)19-14-21(27)17(12-23(19)31-22)9-10-25(28,29)30/h3-5,7-9,11-14H,2,6,10H2,1H3/b17-9-. The lowest BCUT2D eigenvalue weighted by Gasteiger charge is -2.22. The molecule has 0 aromatic heterocycles. The van der Waals surface area contributed by atoms with Gasteiger partial charge < -0.3 is 4.74 Å². The van der Waals surface area contributed by atoms with Gasteiger partial charge in [-0.05, 0) is 41.8 Å². The molecule has 0 saturated heterocycles. The average molecular weight is 430 g/mol. The third kappa shape index (κ3) is 4.33. The Morgan fingerprint density at radius 2 is 1.65 bits per heavy atom. The molecule has 1 aliphatic heterocycles. The van der Waals surface area contributed by atoms with Crippen molar-refractivity contribution in [1.29, 1.82) is 0 Å². The first-order chi connectivity index (χ1) is 14.8. The predicted octanol–water partition coefficient (Wildman–Crippen LogP) is 6.00. The van der Waals surface area contributed by atoms with Gasteiger partial charge in [-0.25, -0.2) is 8.78 Å². The van der Waals surface area contributed by atoms with Crippen LogP contribution < -0.4 is 15.2 Å². The van der Waals surface area contributed by atoms with Gasteiger partial charge in [0.05, 0.1) is 6.42 Å². The number of benzene rings is 3. The fourth-order valence-electron chi connectivity index (χ4n) is 3.75. The van der Waals surface area contributed by atoms with Crippen molar-refractivity contribution in [2.45, 2.75) is 32.4 Å². The van der Waals surface area contributed by atoms with Crippen LogP contribution in [-0.4, -0.2) is 6.18 Å². The zero-order valence-corrected chi connectivity index (χ0v) is 16.7. The summed E-state index contributed by atoms with van der Waals surface area (Å²) >= 11 is 0. The average Bonchev–Trinajstić information content (AvgIpc) is 2.72. The molecule has 3 aromatic rings. The zero-order chi connectivity index (χ0) is 22.2. The summed E-state index contributed by atoms with van der Waals surface area (Å²) in [6.07, 6.45) is -3.64. The molecule has 3 aromatic carbocycles. The number of hydrogen-bond donors (Lipinski definition) is 0. The van der Waals surface area contributed by atoms with Crippen LogP contribution in [-0.2, 0) is 6.42 Å². The maximum atomic E-state index is 14.7. The summed E-state index contributed by atoms with van der Waals surface area (Å²) in [4.78, 5) is 0. The summed E-state index contributed by atoms with van der Waals surface area (Å²) in [7, 11) is 0. The Labute approximate surface area is 176 Å². The number of alkyl halides is 3. The summed E-state index contributed by atoms with van der Waals surface area (Å²) in [5.41, 5.74) is 2.26. The molecular formula is C25H19F5O. The number of aryl methyl sites for hydroxylation is 1. The first-order valence-corrected chi connectivity index (χ1v) is 9.93. The number of rotatable bonds is 4. The fraction of sp³-hybridized carbons (Fsp3) is 0.200. The molecule has 0 bridgehead atoms. The number of hydrogen-bond acceptors (Lipinski definition) is 1. The lowest BCUT2D eigenvalue weighted by Crippen LogP contribution is -2.23. The van der Waals surface area contributed by atoms with Crippen molar-refractivity contribution < 1.29 is 26.7 Å². The van der Waals surface area contributed by atoms with Gasteiger partial charge in [0.15, 0.2) is 0 Å². The second kappa shape index (κ2) is 8.17. The van der Waals surface area contributed by atoms with Crippen LogP contribution in [0.3, 0.4) is 0 Å². The molecule has 0 saturated carbocycles. The van der Waals surface area contributed by atoms with E-state index in [1.807, 2.05) is 25.1 Å². The lowest BCUT2D eigenvalue weighted by molar-refractivity contribution is -0.122. The molecule has 0 atom stereocenters. The summed E-state index contributed by atoms with van der Waals surface area (Å²) < 4.78 is 73.3. The zero-order valence-electron chi connectivity index (χ0n) is 16.7. The third-order valence-corrected chi connectivity index (χ3v) is 5.14. The Balaban J connectivity index is 2.00. The Morgan fingerprint density at radius 3 is 2.32 bits per heavy atom. The molecule has 0 aliphatic carbocycles. The molecule has 6 heteroatoms. The van der Waals surface area contributed by atoms with Crippen molar-refractivity contribution >= 4 is 11.6 Å². The molecule has 0 unspecified atom stereocenters. The van der Waals surface area contributed by atoms with Gasteiger partial charge in [0.2, 0.25) is 0 Å². The minimum atomic E-state index is -4.44. The monoisotopic (exact) mass is 430 g/mol. The first kappa shape index (κ1) is 21.1. The topological polar surface area (TPSA) is 9.23 Å². The Bertz CT molecular complexity index is 1240. The van der Waals surface area contributed by atoms with Crippen LogP contribution in [0.15, 0.2) is 54.6 Å². The molecule has 0 amide bonds. The first-order valence-electron chi connectivity index (χ1n) is 9.93. The Kier molecular flexibility index (Phi) is 5.56. The van der Waals surface area contributed by atoms with E-state index in [0.29, 0.717) is 34.1 Å². The summed E-state index contributed by atoms with van der Waals surface area (Å²) in [6, 6.07) is 14.5. The second-order valence-electron chi connectivity index (χ2n) is 7.43. The lowest BCUT2D eigenvalue weighted by atomic mass is 9.91. The highest BCUT2D eigenvalue weighted by atomic mass is 19.4. The molecule has 1 nitrogen and oxygen atoms in total. The molecule has 0 N–H and O–H groups in total. The van der Waals surface area contributed by atoms with Crippen molar-refractivity contribution in [2.75, 3.05) is 0 Å². The quantitative estimate of drug-likeness (QED) is 0.361. The van der Waals surface area contributed by atoms with Crippen LogP contribution in [0, 0.1) is 11.6 Å². The Morgan fingerprint density at radius 1 is 0.903 bits per heavy atom. The van der Waals surface area contributed by atoms with Crippen molar-refractivity contribution in [1.82, 2.24) is 0 Å². The molecule has 31 heavy (non-hydrogen) atoms. The highest BCUT2D eigenvalue weighted by molar-refractivity contribution is 5.85. The Hall–Kier alpha value is -3.15. The van der Waals surface area contributed by atoms with Crippen molar-refractivity contribution in [3.8, 4) is 11.5 Å². The van der Waals surface area contributed by atoms with Crippen LogP contribution >= 0.6 is 0 Å². The fourth-order valence-corrected chi connectivity index (χ4v) is 3.75. The molecule has 0 spiro atoms. The van der Waals surface area contributed by atoms with E-state index in [1.165, 1.54) is 12.1 Å². The summed E-state index contributed by atoms with van der Waals surface area (Å²) in [5.74, 6) is -0.553. The smallest absolute Gasteiger partial charge is 0.392 e. The normalized spacial score (nSPS) is 13.6. The summed E-state index contributed by atoms with van der Waals surface area (Å²) in [6.45, 7) is 1.93. The van der Waals surface area contributed by atoms with Gasteiger partial charge in [-0.3, -0.25) is 0 Å². The van der Waals surface area contributed by atoms with Crippen molar-refractivity contribution in [3.05, 3.63) is 93.4 Å². The van der Waals surface area contributed by atoms with Crippen LogP contribution in [0.2, 0.25) is 0 Å². The van der Waals surface area contributed by atoms with Gasteiger partial charge >= 0.3 is 6.18 Å². The largest absolute Gasteiger partial charge is 0.456 e. The molecule has 4 rings (SSSR count). The number of halogens is 5. The molecule has 1 heterocycles. The van der Waals surface area contributed by atoms with E-state index < -0.39 is 18.4 Å². The van der Waals surface area contributed by atoms with Gasteiger partial charge in [0.1, 0.15) is 23.1 Å². The SMILES string of the molecule is CCCc1cc2c(cc1F)C(c1ccccc1)=c1cc(F)/c(=C\CC(F)(F)F)cc1O2. The van der Waals surface area contributed by atoms with E-state index in [0.717, 1.165) is 24.1 Å². The van der Waals surface area contributed by atoms with Crippen molar-refractivity contribution in [2.24, 2.45) is 0 Å². The predicted molar refractivity (Wildman–Crippen MR) is 109 cm³/mol. The van der Waals surface area contributed by atoms with E-state index in [9.17, 15) is 22.0 Å². The van der Waals surface area contributed by atoms with E-state index >= 15 is 0 Å². The highest BCUT2D eigenvalue weighted by Gasteiger charge is 2.26. The van der Waals surface area contributed by atoms with E-state index in [4.69, 9.17) is 4.74 Å². The van der Waals surface area contributed by atoms with E-state index in [-0.39, 0.29) is 16.8 Å². The summed E-state index contributed by atoms with van der Waals surface area (Å²) in [5, 5.41) is 0.172. The van der Waals surface area contributed by atoms with E-state index in [1.54, 1.807) is 18.2 Å². The highest BCUT2D eigenvalue weighted by Crippen LogP contribution is 2.37. The van der Waals surface area contributed by atoms with Gasteiger partial charge in [-0.2, -0.15) is 13.2 Å². The van der Waals surface area contributed by atoms with Crippen LogP contribution in [0.5, 0.6) is 11.5 Å². The van der Waals surface area contributed by atoms with Gasteiger partial charge in [0, 0.05) is 21.6 Å². The number of ether oxygens (including phenoxy) is 1. The minimum absolute atomic E-state index is 0.192. The van der Waals surface area contributed by atoms with Crippen LogP contribution in [0.25, 0.3) is 11.6 Å². The van der Waals surface area contributed by atoms with Gasteiger partial charge in [-0.15, -0.1) is 0 Å². The third-order valence-electron chi connectivity index (χ3n) is 5.14. The second-order valence-corrected chi connectivity index (χ2v) is 7.43. The van der Waals surface area contributed by atoms with Crippen LogP contribution in [0.1, 0.15) is 36.5 Å². The van der Waals surface area contributed by atoms with Crippen molar-refractivity contribution in [3.63, 3.8) is 0 Å². The van der Waals surface area contributed by atoms with Crippen LogP contribution in [0.4, 0.5) is 22.0 Å². The van der Waals surface area contributed by atoms with E-state index in [2.05, 4.69) is 0 Å². The molecule has 1 aliphatic rings. The minimum Gasteiger partial charge on any atom is -0.456 e. The molecule has 0 fully saturated rings. The molecular weight excluding hydrogens is 411 g/mol. The molecule has 160 valence electrons. The van der Waals surface area contributed by atoms with Gasteiger partial charge in [0.25, 0.3) is 0 Å². The molecule has 0 radical (unpaired) electrons. The number of fused-ring (bicyclic) bond motifs is 2.